The number of carbonyl (C=O) groups excluding carboxylic acids is 1. The van der Waals surface area contributed by atoms with Crippen LogP contribution in [0.3, 0.4) is 0 Å². The van der Waals surface area contributed by atoms with Crippen molar-refractivity contribution in [3.8, 4) is 17.2 Å². The van der Waals surface area contributed by atoms with Crippen LogP contribution in [0, 0.1) is 0 Å². The zero-order valence-corrected chi connectivity index (χ0v) is 19.3. The Kier molecular flexibility index (Phi) is 8.03. The molecule has 0 spiro atoms. The zero-order chi connectivity index (χ0) is 25.6. The summed E-state index contributed by atoms with van der Waals surface area (Å²) in [6, 6.07) is 12.4. The molecule has 35 heavy (non-hydrogen) atoms. The molecule has 0 aliphatic heterocycles. The lowest BCUT2D eigenvalue weighted by Crippen LogP contribution is -2.17. The standard InChI is InChI=1S/C25H20ClF3N2O4/c1-34-22-11-15(14-30-31-24(33)17-8-10-21(32)20(26)13-17)12-23(35-2)18(22)9-7-16-5-3-4-6-19(16)25(27,28)29/h3-14,32H,1-2H3,(H,31,33). The van der Waals surface area contributed by atoms with E-state index in [9.17, 15) is 23.1 Å². The molecule has 0 saturated carbocycles. The van der Waals surface area contributed by atoms with Gasteiger partial charge in [0.25, 0.3) is 5.91 Å². The fourth-order valence-corrected chi connectivity index (χ4v) is 3.33. The molecule has 0 unspecified atom stereocenters. The van der Waals surface area contributed by atoms with E-state index in [2.05, 4.69) is 10.5 Å². The second kappa shape index (κ2) is 11.0. The molecule has 0 bridgehead atoms. The Hall–Kier alpha value is -3.98. The highest BCUT2D eigenvalue weighted by atomic mass is 35.5. The monoisotopic (exact) mass is 504 g/mol. The second-order valence-corrected chi connectivity index (χ2v) is 7.53. The van der Waals surface area contributed by atoms with Crippen molar-refractivity contribution < 1.29 is 32.5 Å². The number of hydrogen-bond donors (Lipinski definition) is 2. The number of hydrazone groups is 1. The number of phenolic OH excluding ortho intramolecular Hbond substituents is 1. The minimum atomic E-state index is -4.49. The van der Waals surface area contributed by atoms with Gasteiger partial charge in [-0.1, -0.05) is 35.9 Å². The van der Waals surface area contributed by atoms with E-state index in [0.29, 0.717) is 22.6 Å². The first-order valence-electron chi connectivity index (χ1n) is 10.1. The Bertz CT molecular complexity index is 1260. The number of nitrogens with one attached hydrogen (secondary N) is 1. The van der Waals surface area contributed by atoms with Gasteiger partial charge in [0.1, 0.15) is 17.2 Å². The number of nitrogens with zero attached hydrogens (tertiary/aromatic N) is 1. The number of phenols is 1. The molecule has 3 rings (SSSR count). The van der Waals surface area contributed by atoms with E-state index >= 15 is 0 Å². The summed E-state index contributed by atoms with van der Waals surface area (Å²) in [7, 11) is 2.82. The predicted octanol–water partition coefficient (Wildman–Crippen LogP) is 6.02. The Morgan fingerprint density at radius 3 is 2.29 bits per heavy atom. The average Bonchev–Trinajstić information content (AvgIpc) is 2.83. The zero-order valence-electron chi connectivity index (χ0n) is 18.6. The molecule has 0 aromatic heterocycles. The number of halogens is 4. The summed E-state index contributed by atoms with van der Waals surface area (Å²) in [6.45, 7) is 0. The molecular formula is C25H20ClF3N2O4. The number of hydrogen-bond acceptors (Lipinski definition) is 5. The molecule has 1 amide bonds. The molecular weight excluding hydrogens is 485 g/mol. The largest absolute Gasteiger partial charge is 0.506 e. The molecule has 0 aliphatic rings. The van der Waals surface area contributed by atoms with Crippen LogP contribution in [-0.2, 0) is 6.18 Å². The Balaban J connectivity index is 1.85. The first-order valence-corrected chi connectivity index (χ1v) is 10.4. The van der Waals surface area contributed by atoms with Crippen molar-refractivity contribution in [2.75, 3.05) is 14.2 Å². The summed E-state index contributed by atoms with van der Waals surface area (Å²) in [5, 5.41) is 13.4. The van der Waals surface area contributed by atoms with Crippen LogP contribution < -0.4 is 14.9 Å². The van der Waals surface area contributed by atoms with Crippen LogP contribution in [-0.4, -0.2) is 31.4 Å². The van der Waals surface area contributed by atoms with Gasteiger partial charge in [0.15, 0.2) is 0 Å². The van der Waals surface area contributed by atoms with E-state index in [4.69, 9.17) is 21.1 Å². The summed E-state index contributed by atoms with van der Waals surface area (Å²) in [4.78, 5) is 12.2. The van der Waals surface area contributed by atoms with Crippen molar-refractivity contribution in [2.45, 2.75) is 6.18 Å². The van der Waals surface area contributed by atoms with E-state index in [1.54, 1.807) is 12.1 Å². The maximum atomic E-state index is 13.3. The van der Waals surface area contributed by atoms with Gasteiger partial charge in [-0.05, 0) is 48.0 Å². The first kappa shape index (κ1) is 25.6. The number of alkyl halides is 3. The fourth-order valence-electron chi connectivity index (χ4n) is 3.15. The maximum absolute atomic E-state index is 13.3. The topological polar surface area (TPSA) is 80.2 Å². The van der Waals surface area contributed by atoms with Crippen LogP contribution in [0.25, 0.3) is 12.2 Å². The van der Waals surface area contributed by atoms with Gasteiger partial charge < -0.3 is 14.6 Å². The minimum Gasteiger partial charge on any atom is -0.506 e. The molecule has 0 heterocycles. The van der Waals surface area contributed by atoms with Crippen LogP contribution in [0.4, 0.5) is 13.2 Å². The summed E-state index contributed by atoms with van der Waals surface area (Å²) >= 11 is 5.81. The van der Waals surface area contributed by atoms with Gasteiger partial charge >= 0.3 is 6.18 Å². The van der Waals surface area contributed by atoms with E-state index in [0.717, 1.165) is 6.07 Å². The molecule has 0 aliphatic carbocycles. The lowest BCUT2D eigenvalue weighted by Gasteiger charge is -2.13. The van der Waals surface area contributed by atoms with E-state index in [1.165, 1.54) is 69.0 Å². The summed E-state index contributed by atoms with van der Waals surface area (Å²) in [6.07, 6.45) is -0.345. The van der Waals surface area contributed by atoms with Crippen LogP contribution in [0.1, 0.15) is 32.6 Å². The van der Waals surface area contributed by atoms with Crippen LogP contribution >= 0.6 is 11.6 Å². The van der Waals surface area contributed by atoms with Gasteiger partial charge in [-0.3, -0.25) is 4.79 Å². The molecule has 3 aromatic rings. The number of benzene rings is 3. The molecule has 10 heteroatoms. The molecule has 0 saturated heterocycles. The fraction of sp³-hybridized carbons (Fsp3) is 0.120. The summed E-state index contributed by atoms with van der Waals surface area (Å²) in [5.41, 5.74) is 2.68. The van der Waals surface area contributed by atoms with E-state index in [1.807, 2.05) is 0 Å². The van der Waals surface area contributed by atoms with Crippen molar-refractivity contribution in [3.63, 3.8) is 0 Å². The quantitative estimate of drug-likeness (QED) is 0.234. The number of methoxy groups -OCH3 is 2. The summed E-state index contributed by atoms with van der Waals surface area (Å²) < 4.78 is 50.7. The van der Waals surface area contributed by atoms with Crippen molar-refractivity contribution in [3.05, 3.63) is 87.4 Å². The SMILES string of the molecule is COc1cc(C=NNC(=O)c2ccc(O)c(Cl)c2)cc(OC)c1C=Cc1ccccc1C(F)(F)F. The highest BCUT2D eigenvalue weighted by molar-refractivity contribution is 6.32. The lowest BCUT2D eigenvalue weighted by atomic mass is 10.0. The minimum absolute atomic E-state index is 0.00760. The Morgan fingerprint density at radius 1 is 1.03 bits per heavy atom. The third-order valence-corrected chi connectivity index (χ3v) is 5.15. The smallest absolute Gasteiger partial charge is 0.416 e. The van der Waals surface area contributed by atoms with Crippen molar-refractivity contribution >= 4 is 35.9 Å². The number of carbonyl (C=O) groups is 1. The number of aromatic hydroxyl groups is 1. The summed E-state index contributed by atoms with van der Waals surface area (Å²) in [5.74, 6) is -0.0572. The highest BCUT2D eigenvalue weighted by Gasteiger charge is 2.32. The molecule has 3 aromatic carbocycles. The third kappa shape index (κ3) is 6.33. The Labute approximate surface area is 204 Å². The van der Waals surface area contributed by atoms with Crippen LogP contribution in [0.5, 0.6) is 17.2 Å². The van der Waals surface area contributed by atoms with Crippen LogP contribution in [0.15, 0.2) is 59.7 Å². The second-order valence-electron chi connectivity index (χ2n) is 7.12. The molecule has 0 radical (unpaired) electrons. The van der Waals surface area contributed by atoms with Gasteiger partial charge in [0.05, 0.1) is 36.6 Å². The average molecular weight is 505 g/mol. The van der Waals surface area contributed by atoms with Crippen molar-refractivity contribution in [2.24, 2.45) is 5.10 Å². The molecule has 0 atom stereocenters. The van der Waals surface area contributed by atoms with Crippen molar-refractivity contribution in [1.82, 2.24) is 5.43 Å². The maximum Gasteiger partial charge on any atom is 0.416 e. The van der Waals surface area contributed by atoms with Gasteiger partial charge in [0, 0.05) is 11.1 Å². The molecule has 0 fully saturated rings. The number of ether oxygens (including phenoxy) is 2. The van der Waals surface area contributed by atoms with Crippen LogP contribution in [0.2, 0.25) is 5.02 Å². The molecule has 6 nitrogen and oxygen atoms in total. The first-order chi connectivity index (χ1) is 16.6. The molecule has 182 valence electrons. The lowest BCUT2D eigenvalue weighted by molar-refractivity contribution is -0.137. The van der Waals surface area contributed by atoms with Gasteiger partial charge in [-0.25, -0.2) is 5.43 Å². The third-order valence-electron chi connectivity index (χ3n) is 4.85. The Morgan fingerprint density at radius 2 is 1.69 bits per heavy atom. The number of rotatable bonds is 7. The van der Waals surface area contributed by atoms with Gasteiger partial charge in [-0.15, -0.1) is 0 Å². The van der Waals surface area contributed by atoms with Gasteiger partial charge in [0.2, 0.25) is 0 Å². The normalized spacial score (nSPS) is 11.7. The predicted molar refractivity (Wildman–Crippen MR) is 128 cm³/mol. The van der Waals surface area contributed by atoms with Crippen molar-refractivity contribution in [1.29, 1.82) is 0 Å². The highest BCUT2D eigenvalue weighted by Crippen LogP contribution is 2.35. The van der Waals surface area contributed by atoms with Gasteiger partial charge in [-0.2, -0.15) is 18.3 Å². The molecule has 2 N–H and O–H groups in total. The van der Waals surface area contributed by atoms with E-state index in [-0.39, 0.29) is 21.9 Å². The number of amides is 1. The van der Waals surface area contributed by atoms with E-state index < -0.39 is 17.6 Å².